The Hall–Kier alpha value is 0.360. The summed E-state index contributed by atoms with van der Waals surface area (Å²) in [7, 11) is -2.74. The molecule has 0 aromatic heterocycles. The van der Waals surface area contributed by atoms with E-state index in [4.69, 9.17) is 4.74 Å². The number of hydrogen-bond acceptors (Lipinski definition) is 7. The number of ether oxygens (including phenoxy) is 1. The topological polar surface area (TPSA) is 113 Å². The van der Waals surface area contributed by atoms with Crippen molar-refractivity contribution in [2.75, 3.05) is 24.4 Å². The molecule has 7 nitrogen and oxygen atoms in total. The van der Waals surface area contributed by atoms with Gasteiger partial charge in [-0.1, -0.05) is 19.3 Å². The Kier molecular flexibility index (Phi) is 17.6. The third kappa shape index (κ3) is 19.7. The van der Waals surface area contributed by atoms with Crippen LogP contribution in [-0.4, -0.2) is 60.7 Å². The Morgan fingerprint density at radius 3 is 2.29 bits per heavy atom. The normalized spacial score (nSPS) is 12.9. The molecule has 0 aromatic carbocycles. The van der Waals surface area contributed by atoms with Crippen molar-refractivity contribution >= 4 is 33.6 Å². The molecule has 0 radical (unpaired) electrons. The first-order chi connectivity index (χ1) is 12.4. The van der Waals surface area contributed by atoms with Gasteiger partial charge in [-0.2, -0.15) is 11.8 Å². The van der Waals surface area contributed by atoms with Gasteiger partial charge in [-0.25, -0.2) is 8.42 Å². The predicted octanol–water partition coefficient (Wildman–Crippen LogP) is -0.502. The average molecular weight is 448 g/mol. The molecular weight excluding hydrogens is 413 g/mol. The van der Waals surface area contributed by atoms with Crippen LogP contribution in [0.2, 0.25) is 0 Å². The largest absolute Gasteiger partial charge is 1.00 e. The number of nitrogens with one attached hydrogen (secondary N) is 1. The number of carbonyl (C=O) groups excluding carboxylic acids is 2. The summed E-state index contributed by atoms with van der Waals surface area (Å²) < 4.78 is 37.7. The van der Waals surface area contributed by atoms with Crippen LogP contribution in [0.1, 0.15) is 65.7 Å². The van der Waals surface area contributed by atoms with Crippen molar-refractivity contribution in [2.45, 2.75) is 77.4 Å². The van der Waals surface area contributed by atoms with E-state index in [1.54, 1.807) is 25.8 Å². The van der Waals surface area contributed by atoms with Crippen molar-refractivity contribution in [3.05, 3.63) is 0 Å². The molecule has 1 atom stereocenters. The number of Topliss-reactive ketones (excluding diaryl/α,β-unsaturated/α-hetero) is 1. The maximum atomic E-state index is 11.8. The summed E-state index contributed by atoms with van der Waals surface area (Å²) in [5.74, 6) is 0.922. The Bertz CT molecular complexity index is 554. The molecule has 0 saturated carbocycles. The summed E-state index contributed by atoms with van der Waals surface area (Å²) in [6.07, 6.45) is 6.00. The first-order valence-electron chi connectivity index (χ1n) is 9.30. The van der Waals surface area contributed by atoms with Crippen LogP contribution in [0, 0.1) is 0 Å². The molecule has 0 saturated heterocycles. The van der Waals surface area contributed by atoms with E-state index in [2.05, 4.69) is 5.32 Å². The Labute approximate surface area is 196 Å². The maximum Gasteiger partial charge on any atom is 1.00 e. The zero-order chi connectivity index (χ0) is 20.9. The first-order valence-corrected chi connectivity index (χ1v) is 12.0. The number of amides is 1. The van der Waals surface area contributed by atoms with Crippen LogP contribution >= 0.6 is 11.8 Å². The summed E-state index contributed by atoms with van der Waals surface area (Å²) in [5.41, 5.74) is -1.05. The van der Waals surface area contributed by atoms with Gasteiger partial charge in [-0.05, 0) is 39.4 Å². The van der Waals surface area contributed by atoms with Crippen molar-refractivity contribution < 1.29 is 56.9 Å². The molecular formula is C18H34NNaO6S2. The van der Waals surface area contributed by atoms with E-state index in [1.807, 2.05) is 0 Å². The Morgan fingerprint density at radius 1 is 1.14 bits per heavy atom. The Morgan fingerprint density at radius 2 is 1.75 bits per heavy atom. The smallest absolute Gasteiger partial charge is 0.748 e. The van der Waals surface area contributed by atoms with Crippen LogP contribution in [0.15, 0.2) is 0 Å². The van der Waals surface area contributed by atoms with Gasteiger partial charge in [0.1, 0.15) is 5.78 Å². The molecule has 1 N–H and O–H groups in total. The van der Waals surface area contributed by atoms with Crippen molar-refractivity contribution in [3.63, 3.8) is 0 Å². The van der Waals surface area contributed by atoms with E-state index in [9.17, 15) is 22.6 Å². The molecule has 0 aromatic rings. The van der Waals surface area contributed by atoms with Gasteiger partial charge in [0, 0.05) is 31.2 Å². The fraction of sp³-hybridized carbons (Fsp3) is 0.889. The van der Waals surface area contributed by atoms with Crippen LogP contribution in [0.3, 0.4) is 0 Å². The standard InChI is InChI=1S/C18H35NO6S2.Na/c1-15(20)13-16(25-4)9-7-5-6-8-11-26-12-10-17(21)19-18(2,3)14-27(22,23)24;/h16H,5-14H2,1-4H3,(H,19,21)(H,22,23,24);/q;+1/p-1. The monoisotopic (exact) mass is 447 g/mol. The van der Waals surface area contributed by atoms with Crippen LogP contribution in [0.25, 0.3) is 0 Å². The second-order valence-electron chi connectivity index (χ2n) is 7.46. The van der Waals surface area contributed by atoms with Crippen molar-refractivity contribution in [2.24, 2.45) is 0 Å². The SMILES string of the molecule is COC(CCCCCCSCCC(=O)NC(C)(C)CS(=O)(=O)[O-])CC(C)=O.[Na+]. The molecule has 0 bridgehead atoms. The molecule has 1 unspecified atom stereocenters. The zero-order valence-corrected chi connectivity index (χ0v) is 21.5. The van der Waals surface area contributed by atoms with Crippen LogP contribution < -0.4 is 34.9 Å². The quantitative estimate of drug-likeness (QED) is 0.193. The van der Waals surface area contributed by atoms with E-state index in [1.165, 1.54) is 13.8 Å². The molecule has 0 spiro atoms. The van der Waals surface area contributed by atoms with Crippen LogP contribution in [0.4, 0.5) is 0 Å². The number of rotatable bonds is 16. The predicted molar refractivity (Wildman–Crippen MR) is 108 cm³/mol. The summed E-state index contributed by atoms with van der Waals surface area (Å²) >= 11 is 1.69. The summed E-state index contributed by atoms with van der Waals surface area (Å²) in [6, 6.07) is 0. The van der Waals surface area contributed by atoms with Gasteiger partial charge in [-0.3, -0.25) is 9.59 Å². The minimum absolute atomic E-state index is 0. The van der Waals surface area contributed by atoms with Gasteiger partial charge < -0.3 is 14.6 Å². The molecule has 0 fully saturated rings. The maximum absolute atomic E-state index is 11.8. The van der Waals surface area contributed by atoms with Gasteiger partial charge in [-0.15, -0.1) is 0 Å². The molecule has 10 heteroatoms. The molecule has 1 amide bonds. The number of unbranched alkanes of at least 4 members (excludes halogenated alkanes) is 3. The van der Waals surface area contributed by atoms with Gasteiger partial charge in [0.05, 0.1) is 22.0 Å². The van der Waals surface area contributed by atoms with Crippen molar-refractivity contribution in [3.8, 4) is 0 Å². The number of carbonyl (C=O) groups is 2. The second kappa shape index (κ2) is 16.1. The molecule has 0 heterocycles. The zero-order valence-electron chi connectivity index (χ0n) is 17.9. The average Bonchev–Trinajstić information content (AvgIpc) is 2.48. The van der Waals surface area contributed by atoms with E-state index >= 15 is 0 Å². The summed E-state index contributed by atoms with van der Waals surface area (Å²) in [4.78, 5) is 22.9. The summed E-state index contributed by atoms with van der Waals surface area (Å²) in [6.45, 7) is 4.63. The van der Waals surface area contributed by atoms with Crippen LogP contribution in [0.5, 0.6) is 0 Å². The van der Waals surface area contributed by atoms with Gasteiger partial charge in [0.15, 0.2) is 0 Å². The molecule has 0 aliphatic rings. The Balaban J connectivity index is 0. The number of thioether (sulfide) groups is 1. The number of ketones is 1. The van der Waals surface area contributed by atoms with Gasteiger partial charge in [0.2, 0.25) is 5.91 Å². The van der Waals surface area contributed by atoms with Crippen molar-refractivity contribution in [1.29, 1.82) is 0 Å². The first kappa shape index (κ1) is 30.6. The molecule has 28 heavy (non-hydrogen) atoms. The van der Waals surface area contributed by atoms with Crippen LogP contribution in [-0.2, 0) is 24.4 Å². The third-order valence-electron chi connectivity index (χ3n) is 3.90. The van der Waals surface area contributed by atoms with E-state index < -0.39 is 21.4 Å². The number of methoxy groups -OCH3 is 1. The fourth-order valence-corrected chi connectivity index (χ4v) is 4.64. The minimum atomic E-state index is -4.38. The van der Waals surface area contributed by atoms with E-state index in [-0.39, 0.29) is 47.4 Å². The molecule has 0 aliphatic carbocycles. The number of hydrogen-bond donors (Lipinski definition) is 1. The molecule has 160 valence electrons. The van der Waals surface area contributed by atoms with E-state index in [0.29, 0.717) is 18.6 Å². The molecule has 0 aliphatic heterocycles. The van der Waals surface area contributed by atoms with Crippen molar-refractivity contribution in [1.82, 2.24) is 5.32 Å². The fourth-order valence-electron chi connectivity index (χ4n) is 2.74. The molecule has 0 rings (SSSR count). The third-order valence-corrected chi connectivity index (χ3v) is 6.05. The second-order valence-corrected chi connectivity index (χ2v) is 10.1. The minimum Gasteiger partial charge on any atom is -0.748 e. The van der Waals surface area contributed by atoms with Gasteiger partial charge >= 0.3 is 29.6 Å². The summed E-state index contributed by atoms with van der Waals surface area (Å²) in [5, 5.41) is 2.59. The van der Waals surface area contributed by atoms with E-state index in [0.717, 1.165) is 37.9 Å². The van der Waals surface area contributed by atoms with Gasteiger partial charge in [0.25, 0.3) is 0 Å².